The van der Waals surface area contributed by atoms with Crippen molar-refractivity contribution >= 4 is 22.3 Å². The van der Waals surface area contributed by atoms with Crippen molar-refractivity contribution in [1.82, 2.24) is 9.91 Å². The maximum absolute atomic E-state index is 4.35. The molecule has 0 bridgehead atoms. The van der Waals surface area contributed by atoms with Gasteiger partial charge in [0.25, 0.3) is 0 Å². The van der Waals surface area contributed by atoms with Gasteiger partial charge in [-0.25, -0.2) is 0 Å². The van der Waals surface area contributed by atoms with E-state index in [0.717, 1.165) is 0 Å². The lowest BCUT2D eigenvalue weighted by molar-refractivity contribution is 0.120. The van der Waals surface area contributed by atoms with Crippen LogP contribution >= 0.6 is 15.9 Å². The molecule has 0 saturated carbocycles. The summed E-state index contributed by atoms with van der Waals surface area (Å²) in [4.78, 5) is 2.20. The van der Waals surface area contributed by atoms with Gasteiger partial charge in [-0.05, 0) is 50.5 Å². The topological polar surface area (TPSA) is 18.8 Å². The molecule has 4 heteroatoms. The third-order valence-electron chi connectivity index (χ3n) is 2.06. The van der Waals surface area contributed by atoms with Crippen LogP contribution in [0.4, 0.5) is 0 Å². The van der Waals surface area contributed by atoms with E-state index >= 15 is 0 Å². The van der Waals surface area contributed by atoms with E-state index in [1.165, 1.54) is 0 Å². The molecule has 1 aliphatic rings. The van der Waals surface area contributed by atoms with Crippen molar-refractivity contribution in [2.75, 3.05) is 0 Å². The van der Waals surface area contributed by atoms with Crippen LogP contribution < -0.4 is 0 Å². The third kappa shape index (κ3) is 2.16. The molecule has 13 heavy (non-hydrogen) atoms. The summed E-state index contributed by atoms with van der Waals surface area (Å²) in [5, 5.41) is 6.59. The predicted molar refractivity (Wildman–Crippen MR) is 59.8 cm³/mol. The molecule has 0 spiro atoms. The van der Waals surface area contributed by atoms with Gasteiger partial charge in [-0.2, -0.15) is 5.10 Å². The standard InChI is InChI=1S/C9H18BrN3/c1-7(2)13-8(10)12(6-11-13)9(3,4)5/h6-8H,1-5H3. The van der Waals surface area contributed by atoms with E-state index in [-0.39, 0.29) is 10.6 Å². The second-order valence-corrected chi connectivity index (χ2v) is 5.41. The van der Waals surface area contributed by atoms with Crippen LogP contribution in [0.2, 0.25) is 0 Å². The zero-order valence-electron chi connectivity index (χ0n) is 8.95. The molecule has 1 unspecified atom stereocenters. The van der Waals surface area contributed by atoms with Gasteiger partial charge in [0.2, 0.25) is 0 Å². The number of hydrogen-bond acceptors (Lipinski definition) is 3. The molecule has 0 N–H and O–H groups in total. The van der Waals surface area contributed by atoms with E-state index in [1.807, 2.05) is 11.3 Å². The van der Waals surface area contributed by atoms with E-state index in [0.29, 0.717) is 6.04 Å². The van der Waals surface area contributed by atoms with Crippen LogP contribution in [0.15, 0.2) is 5.10 Å². The molecule has 0 aromatic rings. The highest BCUT2D eigenvalue weighted by Gasteiger charge is 2.33. The number of hydrogen-bond donors (Lipinski definition) is 0. The largest absolute Gasteiger partial charge is 0.326 e. The van der Waals surface area contributed by atoms with Crippen molar-refractivity contribution in [2.45, 2.75) is 51.3 Å². The van der Waals surface area contributed by atoms with Crippen LogP contribution in [0.25, 0.3) is 0 Å². The van der Waals surface area contributed by atoms with Crippen molar-refractivity contribution in [3.8, 4) is 0 Å². The number of halogens is 1. The summed E-state index contributed by atoms with van der Waals surface area (Å²) in [6, 6.07) is 0.424. The van der Waals surface area contributed by atoms with Crippen molar-refractivity contribution in [3.63, 3.8) is 0 Å². The summed E-state index contributed by atoms with van der Waals surface area (Å²) < 4.78 is 0. The van der Waals surface area contributed by atoms with Crippen LogP contribution in [-0.4, -0.2) is 32.9 Å². The zero-order chi connectivity index (χ0) is 10.2. The molecule has 0 fully saturated rings. The Labute approximate surface area is 88.9 Å². The van der Waals surface area contributed by atoms with E-state index < -0.39 is 0 Å². The van der Waals surface area contributed by atoms with E-state index in [9.17, 15) is 0 Å². The second-order valence-electron chi connectivity index (χ2n) is 4.59. The van der Waals surface area contributed by atoms with Gasteiger partial charge in [0.15, 0.2) is 5.08 Å². The lowest BCUT2D eigenvalue weighted by Gasteiger charge is -2.37. The molecule has 0 aliphatic carbocycles. The number of hydrazone groups is 1. The average Bonchev–Trinajstić information content (AvgIpc) is 2.28. The van der Waals surface area contributed by atoms with Gasteiger partial charge in [-0.1, -0.05) is 0 Å². The molecular weight excluding hydrogens is 230 g/mol. The molecule has 1 heterocycles. The lowest BCUT2D eigenvalue weighted by Crippen LogP contribution is -2.47. The molecular formula is C9H18BrN3. The Morgan fingerprint density at radius 3 is 2.15 bits per heavy atom. The molecule has 1 rings (SSSR count). The molecule has 0 aromatic carbocycles. The number of nitrogens with zero attached hydrogens (tertiary/aromatic N) is 3. The van der Waals surface area contributed by atoms with Gasteiger partial charge >= 0.3 is 0 Å². The first-order valence-corrected chi connectivity index (χ1v) is 5.50. The second kappa shape index (κ2) is 3.48. The normalized spacial score (nSPS) is 23.5. The number of rotatable bonds is 1. The van der Waals surface area contributed by atoms with Gasteiger partial charge < -0.3 is 4.90 Å². The van der Waals surface area contributed by atoms with Crippen molar-refractivity contribution in [2.24, 2.45) is 5.10 Å². The zero-order valence-corrected chi connectivity index (χ0v) is 10.5. The maximum Gasteiger partial charge on any atom is 0.176 e. The Hall–Kier alpha value is -0.250. The summed E-state index contributed by atoms with van der Waals surface area (Å²) in [6.45, 7) is 10.8. The Balaban J connectivity index is 2.72. The average molecular weight is 248 g/mol. The van der Waals surface area contributed by atoms with Crippen LogP contribution in [-0.2, 0) is 0 Å². The fourth-order valence-corrected chi connectivity index (χ4v) is 2.52. The predicted octanol–water partition coefficient (Wildman–Crippen LogP) is 2.43. The molecule has 1 aliphatic heterocycles. The summed E-state index contributed by atoms with van der Waals surface area (Å²) in [6.07, 6.45) is 1.90. The van der Waals surface area contributed by atoms with E-state index in [1.54, 1.807) is 0 Å². The van der Waals surface area contributed by atoms with Crippen LogP contribution in [0.1, 0.15) is 34.6 Å². The quantitative estimate of drug-likeness (QED) is 0.524. The van der Waals surface area contributed by atoms with Crippen molar-refractivity contribution in [3.05, 3.63) is 0 Å². The van der Waals surface area contributed by atoms with E-state index in [4.69, 9.17) is 0 Å². The monoisotopic (exact) mass is 247 g/mol. The molecule has 0 radical (unpaired) electrons. The fourth-order valence-electron chi connectivity index (χ4n) is 1.22. The van der Waals surface area contributed by atoms with Crippen LogP contribution in [0, 0.1) is 0 Å². The van der Waals surface area contributed by atoms with Crippen LogP contribution in [0.3, 0.4) is 0 Å². The Morgan fingerprint density at radius 2 is 1.92 bits per heavy atom. The highest BCUT2D eigenvalue weighted by atomic mass is 79.9. The van der Waals surface area contributed by atoms with E-state index in [2.05, 4.69) is 60.5 Å². The van der Waals surface area contributed by atoms with Gasteiger partial charge in [-0.3, -0.25) is 5.01 Å². The fraction of sp³-hybridized carbons (Fsp3) is 0.889. The van der Waals surface area contributed by atoms with Gasteiger partial charge in [0.05, 0.1) is 0 Å². The highest BCUT2D eigenvalue weighted by Crippen LogP contribution is 2.27. The Kier molecular flexibility index (Phi) is 2.90. The SMILES string of the molecule is CC(C)N1N=CN(C(C)(C)C)C1Br. The Bertz CT molecular complexity index is 207. The van der Waals surface area contributed by atoms with Gasteiger partial charge in [0.1, 0.15) is 6.34 Å². The smallest absolute Gasteiger partial charge is 0.176 e. The molecule has 76 valence electrons. The van der Waals surface area contributed by atoms with Gasteiger partial charge in [-0.15, -0.1) is 0 Å². The first-order chi connectivity index (χ1) is 5.84. The minimum Gasteiger partial charge on any atom is -0.326 e. The Morgan fingerprint density at radius 1 is 1.38 bits per heavy atom. The summed E-state index contributed by atoms with van der Waals surface area (Å²) >= 11 is 3.63. The minimum absolute atomic E-state index is 0.112. The maximum atomic E-state index is 4.35. The van der Waals surface area contributed by atoms with Gasteiger partial charge in [0, 0.05) is 11.6 Å². The highest BCUT2D eigenvalue weighted by molar-refractivity contribution is 9.09. The molecule has 1 atom stereocenters. The summed E-state index contributed by atoms with van der Waals surface area (Å²) in [5.74, 6) is 0. The first kappa shape index (κ1) is 10.8. The molecule has 3 nitrogen and oxygen atoms in total. The summed E-state index contributed by atoms with van der Waals surface area (Å²) in [7, 11) is 0. The molecule has 0 aromatic heterocycles. The van der Waals surface area contributed by atoms with Crippen molar-refractivity contribution in [1.29, 1.82) is 0 Å². The third-order valence-corrected chi connectivity index (χ3v) is 2.92. The summed E-state index contributed by atoms with van der Waals surface area (Å²) in [5.41, 5.74) is 0.112. The molecule has 0 amide bonds. The minimum atomic E-state index is 0.112. The molecule has 0 saturated heterocycles. The lowest BCUT2D eigenvalue weighted by atomic mass is 10.1. The van der Waals surface area contributed by atoms with Crippen molar-refractivity contribution < 1.29 is 0 Å². The first-order valence-electron chi connectivity index (χ1n) is 4.59. The number of alkyl halides is 1. The van der Waals surface area contributed by atoms with Crippen LogP contribution in [0.5, 0.6) is 0 Å².